The fraction of sp³-hybridized carbons (Fsp3) is 0.179. The monoisotopic (exact) mass is 483 g/mol. The molecule has 2 aliphatic rings. The first-order valence-electron chi connectivity index (χ1n) is 11.6. The first kappa shape index (κ1) is 21.7. The fourth-order valence-electron chi connectivity index (χ4n) is 4.79. The molecule has 35 heavy (non-hydrogen) atoms. The summed E-state index contributed by atoms with van der Waals surface area (Å²) in [5.41, 5.74) is 4.96. The third-order valence-electron chi connectivity index (χ3n) is 6.45. The number of rotatable bonds is 3. The summed E-state index contributed by atoms with van der Waals surface area (Å²) in [6.45, 7) is 1.50. The van der Waals surface area contributed by atoms with E-state index < -0.39 is 0 Å². The molecule has 7 heteroatoms. The average molecular weight is 484 g/mol. The smallest absolute Gasteiger partial charge is 0.322 e. The fourth-order valence-corrected chi connectivity index (χ4v) is 5.20. The lowest BCUT2D eigenvalue weighted by atomic mass is 10.0. The van der Waals surface area contributed by atoms with E-state index in [1.165, 1.54) is 4.90 Å². The number of nitrogens with zero attached hydrogens (tertiary/aromatic N) is 2. The Bertz CT molecular complexity index is 1380. The predicted octanol–water partition coefficient (Wildman–Crippen LogP) is 6.11. The molecular formula is C28H25N3O3S. The number of carbonyl (C=O) groups is 1. The molecule has 3 heterocycles. The highest BCUT2D eigenvalue weighted by atomic mass is 32.2. The van der Waals surface area contributed by atoms with E-state index in [1.807, 2.05) is 41.3 Å². The van der Waals surface area contributed by atoms with Gasteiger partial charge in [-0.15, -0.1) is 11.8 Å². The van der Waals surface area contributed by atoms with Crippen LogP contribution >= 0.6 is 11.8 Å². The summed E-state index contributed by atoms with van der Waals surface area (Å²) < 4.78 is 13.5. The zero-order chi connectivity index (χ0) is 23.8. The van der Waals surface area contributed by atoms with Crippen molar-refractivity contribution in [3.63, 3.8) is 0 Å². The van der Waals surface area contributed by atoms with Gasteiger partial charge in [0.05, 0.1) is 18.3 Å². The molecule has 1 aromatic heterocycles. The van der Waals surface area contributed by atoms with Crippen LogP contribution in [0.4, 0.5) is 10.5 Å². The van der Waals surface area contributed by atoms with E-state index in [9.17, 15) is 4.79 Å². The van der Waals surface area contributed by atoms with E-state index in [0.29, 0.717) is 36.9 Å². The quantitative estimate of drug-likeness (QED) is 0.357. The molecule has 0 aliphatic carbocycles. The lowest BCUT2D eigenvalue weighted by Gasteiger charge is -2.31. The van der Waals surface area contributed by atoms with Crippen molar-refractivity contribution in [1.82, 2.24) is 9.47 Å². The van der Waals surface area contributed by atoms with Crippen LogP contribution in [0.2, 0.25) is 0 Å². The molecule has 1 N–H and O–H groups in total. The highest BCUT2D eigenvalue weighted by Gasteiger charge is 2.33. The second kappa shape index (κ2) is 9.07. The Morgan fingerprint density at radius 1 is 0.943 bits per heavy atom. The van der Waals surface area contributed by atoms with Crippen molar-refractivity contribution in [2.75, 3.05) is 24.8 Å². The molecule has 3 aromatic carbocycles. The number of fused-ring (bicyclic) bond motifs is 4. The number of anilines is 1. The van der Waals surface area contributed by atoms with Crippen LogP contribution in [0.15, 0.2) is 90.0 Å². The number of hydrogen-bond donors (Lipinski definition) is 1. The van der Waals surface area contributed by atoms with Gasteiger partial charge < -0.3 is 24.3 Å². The molecule has 0 unspecified atom stereocenters. The number of aromatic nitrogens is 1. The summed E-state index contributed by atoms with van der Waals surface area (Å²) in [7, 11) is 0. The van der Waals surface area contributed by atoms with Gasteiger partial charge in [-0.3, -0.25) is 0 Å². The van der Waals surface area contributed by atoms with Gasteiger partial charge in [0.15, 0.2) is 11.5 Å². The van der Waals surface area contributed by atoms with E-state index in [2.05, 4.69) is 64.8 Å². The summed E-state index contributed by atoms with van der Waals surface area (Å²) in [4.78, 5) is 17.0. The third-order valence-corrected chi connectivity index (χ3v) is 7.19. The van der Waals surface area contributed by atoms with Crippen molar-refractivity contribution >= 4 is 23.5 Å². The highest BCUT2D eigenvalue weighted by molar-refractivity contribution is 7.98. The van der Waals surface area contributed by atoms with Gasteiger partial charge in [0.1, 0.15) is 13.2 Å². The van der Waals surface area contributed by atoms with Crippen LogP contribution in [-0.2, 0) is 6.54 Å². The second-order valence-electron chi connectivity index (χ2n) is 8.52. The molecule has 4 aromatic rings. The van der Waals surface area contributed by atoms with Crippen molar-refractivity contribution in [3.05, 3.63) is 102 Å². The Labute approximate surface area is 208 Å². The molecule has 2 aliphatic heterocycles. The van der Waals surface area contributed by atoms with Crippen LogP contribution in [-0.4, -0.2) is 35.0 Å². The molecule has 0 bridgehead atoms. The van der Waals surface area contributed by atoms with Crippen LogP contribution in [0.3, 0.4) is 0 Å². The van der Waals surface area contributed by atoms with Gasteiger partial charge in [0, 0.05) is 28.5 Å². The normalized spacial score (nSPS) is 16.1. The molecule has 1 atom stereocenters. The number of amides is 2. The summed E-state index contributed by atoms with van der Waals surface area (Å²) in [6.07, 6.45) is 4.13. The average Bonchev–Trinajstić information content (AvgIpc) is 3.33. The minimum absolute atomic E-state index is 0.176. The topological polar surface area (TPSA) is 55.7 Å². The van der Waals surface area contributed by atoms with E-state index in [4.69, 9.17) is 9.47 Å². The Morgan fingerprint density at radius 3 is 2.57 bits per heavy atom. The van der Waals surface area contributed by atoms with Crippen molar-refractivity contribution < 1.29 is 14.3 Å². The number of para-hydroxylation sites is 1. The number of ether oxygens (including phenoxy) is 2. The van der Waals surface area contributed by atoms with E-state index in [0.717, 1.165) is 22.5 Å². The van der Waals surface area contributed by atoms with Gasteiger partial charge in [-0.05, 0) is 59.8 Å². The number of thioether (sulfide) groups is 1. The molecular weight excluding hydrogens is 458 g/mol. The number of hydrogen-bond acceptors (Lipinski definition) is 4. The molecule has 176 valence electrons. The van der Waals surface area contributed by atoms with E-state index in [-0.39, 0.29) is 12.1 Å². The highest BCUT2D eigenvalue weighted by Crippen LogP contribution is 2.38. The largest absolute Gasteiger partial charge is 0.486 e. The van der Waals surface area contributed by atoms with Crippen LogP contribution in [0, 0.1) is 0 Å². The van der Waals surface area contributed by atoms with Crippen molar-refractivity contribution in [3.8, 4) is 17.2 Å². The van der Waals surface area contributed by atoms with Gasteiger partial charge in [-0.25, -0.2) is 4.79 Å². The standard InChI is InChI=1S/C28H25N3O3S/c1-35-22-11-8-19(9-12-22)27-24-7-4-14-30(24)23-6-3-2-5-20(23)18-31(27)28(32)29-21-10-13-25-26(17-21)34-16-15-33-25/h2-14,17,27H,15-16,18H2,1H3,(H,29,32)/t27-/m1/s1. The van der Waals surface area contributed by atoms with Gasteiger partial charge in [0.25, 0.3) is 0 Å². The Morgan fingerprint density at radius 2 is 1.74 bits per heavy atom. The number of nitrogens with one attached hydrogen (secondary N) is 1. The molecule has 0 saturated carbocycles. The first-order chi connectivity index (χ1) is 17.2. The maximum absolute atomic E-state index is 13.9. The zero-order valence-corrected chi connectivity index (χ0v) is 20.1. The van der Waals surface area contributed by atoms with Crippen LogP contribution < -0.4 is 14.8 Å². The predicted molar refractivity (Wildman–Crippen MR) is 138 cm³/mol. The lowest BCUT2D eigenvalue weighted by molar-refractivity contribution is 0.171. The van der Waals surface area contributed by atoms with Crippen molar-refractivity contribution in [2.24, 2.45) is 0 Å². The molecule has 0 saturated heterocycles. The van der Waals surface area contributed by atoms with Crippen LogP contribution in [0.25, 0.3) is 5.69 Å². The molecule has 6 rings (SSSR count). The number of urea groups is 1. The second-order valence-corrected chi connectivity index (χ2v) is 9.40. The van der Waals surface area contributed by atoms with Gasteiger partial charge in [0.2, 0.25) is 0 Å². The molecule has 0 spiro atoms. The molecule has 6 nitrogen and oxygen atoms in total. The van der Waals surface area contributed by atoms with E-state index >= 15 is 0 Å². The van der Waals surface area contributed by atoms with E-state index in [1.54, 1.807) is 11.8 Å². The maximum Gasteiger partial charge on any atom is 0.322 e. The lowest BCUT2D eigenvalue weighted by Crippen LogP contribution is -2.38. The summed E-state index contributed by atoms with van der Waals surface area (Å²) >= 11 is 1.71. The minimum atomic E-state index is -0.259. The minimum Gasteiger partial charge on any atom is -0.486 e. The first-order valence-corrected chi connectivity index (χ1v) is 12.8. The third kappa shape index (κ3) is 4.02. The summed E-state index contributed by atoms with van der Waals surface area (Å²) in [5.74, 6) is 1.34. The molecule has 2 amide bonds. The van der Waals surface area contributed by atoms with Crippen LogP contribution in [0.1, 0.15) is 22.9 Å². The molecule has 0 fully saturated rings. The Kier molecular flexibility index (Phi) is 5.62. The van der Waals surface area contributed by atoms with Crippen molar-refractivity contribution in [1.29, 1.82) is 0 Å². The van der Waals surface area contributed by atoms with Crippen molar-refractivity contribution in [2.45, 2.75) is 17.5 Å². The van der Waals surface area contributed by atoms with Gasteiger partial charge in [-0.1, -0.05) is 30.3 Å². The Hall–Kier alpha value is -3.84. The summed E-state index contributed by atoms with van der Waals surface area (Å²) in [5, 5.41) is 3.10. The molecule has 0 radical (unpaired) electrons. The summed E-state index contributed by atoms with van der Waals surface area (Å²) in [6, 6.07) is 25.9. The SMILES string of the molecule is CSc1ccc([C@@H]2c3cccn3-c3ccccc3CN2C(=O)Nc2ccc3c(c2)OCCO3)cc1. The van der Waals surface area contributed by atoms with Gasteiger partial charge >= 0.3 is 6.03 Å². The maximum atomic E-state index is 13.9. The number of carbonyl (C=O) groups excluding carboxylic acids is 1. The van der Waals surface area contributed by atoms with Gasteiger partial charge in [-0.2, -0.15) is 0 Å². The zero-order valence-electron chi connectivity index (χ0n) is 19.3. The van der Waals surface area contributed by atoms with Crippen LogP contribution in [0.5, 0.6) is 11.5 Å². The Balaban J connectivity index is 1.41. The number of benzene rings is 3.